The molecular weight excluding hydrogens is 334 g/mol. The van der Waals surface area contributed by atoms with Crippen molar-refractivity contribution >= 4 is 40.7 Å². The van der Waals surface area contributed by atoms with E-state index in [0.29, 0.717) is 21.6 Å². The molecule has 3 aromatic rings. The first kappa shape index (κ1) is 15.8. The second kappa shape index (κ2) is 6.55. The molecule has 118 valence electrons. The Kier molecular flexibility index (Phi) is 4.49. The number of nitrogens with zero attached hydrogens (tertiary/aromatic N) is 4. The van der Waals surface area contributed by atoms with Crippen LogP contribution in [0.15, 0.2) is 35.5 Å². The quantitative estimate of drug-likeness (QED) is 0.734. The molecule has 0 atom stereocenters. The third-order valence-electron chi connectivity index (χ3n) is 3.08. The summed E-state index contributed by atoms with van der Waals surface area (Å²) in [5, 5.41) is 8.14. The average Bonchev–Trinajstić information content (AvgIpc) is 2.91. The van der Waals surface area contributed by atoms with Crippen molar-refractivity contribution in [3.05, 3.63) is 46.7 Å². The summed E-state index contributed by atoms with van der Waals surface area (Å²) in [6.07, 6.45) is 0. The Hall–Kier alpha value is -2.12. The van der Waals surface area contributed by atoms with E-state index in [1.165, 1.54) is 11.8 Å². The predicted octanol–water partition coefficient (Wildman–Crippen LogP) is 3.13. The van der Waals surface area contributed by atoms with E-state index in [4.69, 9.17) is 11.6 Å². The Bertz CT molecular complexity index is 879. The van der Waals surface area contributed by atoms with Crippen molar-refractivity contribution in [3.63, 3.8) is 0 Å². The number of nitrogens with one attached hydrogen (secondary N) is 1. The van der Waals surface area contributed by atoms with Gasteiger partial charge in [0.15, 0.2) is 0 Å². The maximum Gasteiger partial charge on any atom is 0.253 e. The maximum absolute atomic E-state index is 12.0. The highest BCUT2D eigenvalue weighted by molar-refractivity contribution is 7.99. The number of carbonyl (C=O) groups is 1. The first-order valence-electron chi connectivity index (χ1n) is 6.91. The standard InChI is InChI=1S/C15H14ClN5OS/c1-9-7-10(2)21-14(17-9)19-15(20-21)23-8-13(22)18-12-6-4-3-5-11(12)16/h3-7H,8H2,1-2H3,(H,18,22). The Labute approximate surface area is 142 Å². The van der Waals surface area contributed by atoms with Crippen molar-refractivity contribution in [2.45, 2.75) is 19.0 Å². The molecule has 0 radical (unpaired) electrons. The molecule has 2 aromatic heterocycles. The maximum atomic E-state index is 12.0. The first-order valence-corrected chi connectivity index (χ1v) is 8.27. The number of amides is 1. The minimum atomic E-state index is -0.164. The Balaban J connectivity index is 1.67. The lowest BCUT2D eigenvalue weighted by molar-refractivity contribution is -0.113. The summed E-state index contributed by atoms with van der Waals surface area (Å²) in [4.78, 5) is 20.7. The fourth-order valence-corrected chi connectivity index (χ4v) is 2.89. The molecule has 0 aliphatic rings. The minimum Gasteiger partial charge on any atom is -0.324 e. The molecule has 0 saturated carbocycles. The van der Waals surface area contributed by atoms with E-state index in [2.05, 4.69) is 20.4 Å². The van der Waals surface area contributed by atoms with E-state index in [0.717, 1.165) is 11.4 Å². The normalized spacial score (nSPS) is 10.9. The van der Waals surface area contributed by atoms with Gasteiger partial charge in [0, 0.05) is 11.4 Å². The molecule has 0 bridgehead atoms. The van der Waals surface area contributed by atoms with Gasteiger partial charge in [0.25, 0.3) is 5.78 Å². The number of thioether (sulfide) groups is 1. The Morgan fingerprint density at radius 3 is 2.87 bits per heavy atom. The number of aryl methyl sites for hydroxylation is 2. The van der Waals surface area contributed by atoms with Gasteiger partial charge in [0.05, 0.1) is 16.5 Å². The molecular formula is C15H14ClN5OS. The number of anilines is 1. The van der Waals surface area contributed by atoms with Crippen LogP contribution in [0.2, 0.25) is 5.02 Å². The topological polar surface area (TPSA) is 72.2 Å². The van der Waals surface area contributed by atoms with Gasteiger partial charge in [-0.15, -0.1) is 5.10 Å². The molecule has 1 N–H and O–H groups in total. The number of hydrogen-bond donors (Lipinski definition) is 1. The Morgan fingerprint density at radius 1 is 1.30 bits per heavy atom. The number of carbonyl (C=O) groups excluding carboxylic acids is 1. The largest absolute Gasteiger partial charge is 0.324 e. The average molecular weight is 348 g/mol. The molecule has 2 heterocycles. The number of benzene rings is 1. The van der Waals surface area contributed by atoms with Gasteiger partial charge >= 0.3 is 0 Å². The molecule has 0 saturated heterocycles. The monoisotopic (exact) mass is 347 g/mol. The lowest BCUT2D eigenvalue weighted by Gasteiger charge is -2.05. The number of rotatable bonds is 4. The molecule has 3 rings (SSSR count). The Morgan fingerprint density at radius 2 is 2.09 bits per heavy atom. The molecule has 1 amide bonds. The van der Waals surface area contributed by atoms with Crippen LogP contribution in [0.1, 0.15) is 11.4 Å². The van der Waals surface area contributed by atoms with Crippen LogP contribution in [0.4, 0.5) is 5.69 Å². The van der Waals surface area contributed by atoms with E-state index in [1.54, 1.807) is 16.6 Å². The lowest BCUT2D eigenvalue weighted by atomic mass is 10.3. The lowest BCUT2D eigenvalue weighted by Crippen LogP contribution is -2.14. The minimum absolute atomic E-state index is 0.164. The van der Waals surface area contributed by atoms with Crippen LogP contribution < -0.4 is 5.32 Å². The van der Waals surface area contributed by atoms with Crippen molar-refractivity contribution in [2.24, 2.45) is 0 Å². The molecule has 1 aromatic carbocycles. The van der Waals surface area contributed by atoms with Gasteiger partial charge in [-0.25, -0.2) is 9.50 Å². The number of aromatic nitrogens is 4. The van der Waals surface area contributed by atoms with Gasteiger partial charge in [-0.1, -0.05) is 35.5 Å². The number of halogens is 1. The summed E-state index contributed by atoms with van der Waals surface area (Å²) in [6, 6.07) is 9.04. The van der Waals surface area contributed by atoms with Gasteiger partial charge in [-0.3, -0.25) is 4.79 Å². The molecule has 23 heavy (non-hydrogen) atoms. The van der Waals surface area contributed by atoms with Crippen LogP contribution in [-0.2, 0) is 4.79 Å². The van der Waals surface area contributed by atoms with E-state index in [9.17, 15) is 4.79 Å². The molecule has 8 heteroatoms. The molecule has 0 unspecified atom stereocenters. The van der Waals surface area contributed by atoms with Crippen LogP contribution in [0.25, 0.3) is 5.78 Å². The molecule has 0 aliphatic carbocycles. The van der Waals surface area contributed by atoms with Crippen LogP contribution in [-0.4, -0.2) is 31.2 Å². The summed E-state index contributed by atoms with van der Waals surface area (Å²) in [6.45, 7) is 3.85. The highest BCUT2D eigenvalue weighted by atomic mass is 35.5. The first-order chi connectivity index (χ1) is 11.0. The van der Waals surface area contributed by atoms with Crippen molar-refractivity contribution in [2.75, 3.05) is 11.1 Å². The molecule has 0 aliphatic heterocycles. The fraction of sp³-hybridized carbons (Fsp3) is 0.200. The summed E-state index contributed by atoms with van der Waals surface area (Å²) in [5.74, 6) is 0.569. The number of para-hydroxylation sites is 1. The molecule has 6 nitrogen and oxygen atoms in total. The van der Waals surface area contributed by atoms with Gasteiger partial charge in [0.2, 0.25) is 11.1 Å². The van der Waals surface area contributed by atoms with Gasteiger partial charge in [0.1, 0.15) is 0 Å². The summed E-state index contributed by atoms with van der Waals surface area (Å²) in [7, 11) is 0. The highest BCUT2D eigenvalue weighted by Gasteiger charge is 2.11. The van der Waals surface area contributed by atoms with Crippen molar-refractivity contribution in [1.82, 2.24) is 19.6 Å². The zero-order valence-corrected chi connectivity index (χ0v) is 14.1. The number of fused-ring (bicyclic) bond motifs is 1. The highest BCUT2D eigenvalue weighted by Crippen LogP contribution is 2.21. The number of hydrogen-bond acceptors (Lipinski definition) is 5. The SMILES string of the molecule is Cc1cc(C)n2nc(SCC(=O)Nc3ccccc3Cl)nc2n1. The van der Waals surface area contributed by atoms with E-state index in [1.807, 2.05) is 32.0 Å². The van der Waals surface area contributed by atoms with Crippen LogP contribution in [0.5, 0.6) is 0 Å². The third-order valence-corrected chi connectivity index (χ3v) is 4.25. The molecule has 0 fully saturated rings. The summed E-state index contributed by atoms with van der Waals surface area (Å²) >= 11 is 7.27. The second-order valence-electron chi connectivity index (χ2n) is 4.96. The molecule has 0 spiro atoms. The summed E-state index contributed by atoms with van der Waals surface area (Å²) in [5.41, 5.74) is 2.43. The van der Waals surface area contributed by atoms with E-state index >= 15 is 0 Å². The van der Waals surface area contributed by atoms with Crippen LogP contribution >= 0.6 is 23.4 Å². The second-order valence-corrected chi connectivity index (χ2v) is 6.31. The van der Waals surface area contributed by atoms with Crippen molar-refractivity contribution in [3.8, 4) is 0 Å². The van der Waals surface area contributed by atoms with Crippen molar-refractivity contribution in [1.29, 1.82) is 0 Å². The van der Waals surface area contributed by atoms with Gasteiger partial charge < -0.3 is 5.32 Å². The van der Waals surface area contributed by atoms with Crippen molar-refractivity contribution < 1.29 is 4.79 Å². The van der Waals surface area contributed by atoms with E-state index in [-0.39, 0.29) is 11.7 Å². The predicted molar refractivity (Wildman–Crippen MR) is 91.1 cm³/mol. The zero-order chi connectivity index (χ0) is 16.4. The van der Waals surface area contributed by atoms with Gasteiger partial charge in [-0.2, -0.15) is 4.98 Å². The zero-order valence-electron chi connectivity index (χ0n) is 12.6. The van der Waals surface area contributed by atoms with E-state index < -0.39 is 0 Å². The smallest absolute Gasteiger partial charge is 0.253 e. The fourth-order valence-electron chi connectivity index (χ4n) is 2.09. The summed E-state index contributed by atoms with van der Waals surface area (Å²) < 4.78 is 1.67. The third kappa shape index (κ3) is 3.62. The van der Waals surface area contributed by atoms with Crippen LogP contribution in [0.3, 0.4) is 0 Å². The van der Waals surface area contributed by atoms with Crippen LogP contribution in [0, 0.1) is 13.8 Å². The van der Waals surface area contributed by atoms with Gasteiger partial charge in [-0.05, 0) is 32.0 Å².